The van der Waals surface area contributed by atoms with Crippen LogP contribution in [0.1, 0.15) is 26.7 Å². The SMILES string of the molecule is CCC(C)OCCC(C#N)NC. The molecule has 3 nitrogen and oxygen atoms in total. The first-order valence-corrected chi connectivity index (χ1v) is 4.43. The Morgan fingerprint density at radius 1 is 1.58 bits per heavy atom. The highest BCUT2D eigenvalue weighted by Gasteiger charge is 2.04. The molecule has 0 bridgehead atoms. The molecule has 3 heteroatoms. The van der Waals surface area contributed by atoms with E-state index in [1.165, 1.54) is 0 Å². The van der Waals surface area contributed by atoms with Crippen molar-refractivity contribution in [3.63, 3.8) is 0 Å². The average Bonchev–Trinajstić information content (AvgIpc) is 2.12. The molecule has 0 spiro atoms. The van der Waals surface area contributed by atoms with Gasteiger partial charge >= 0.3 is 0 Å². The normalized spacial score (nSPS) is 15.2. The van der Waals surface area contributed by atoms with Crippen molar-refractivity contribution in [2.45, 2.75) is 38.8 Å². The van der Waals surface area contributed by atoms with Gasteiger partial charge < -0.3 is 10.1 Å². The zero-order valence-electron chi connectivity index (χ0n) is 8.13. The summed E-state index contributed by atoms with van der Waals surface area (Å²) in [6.45, 7) is 4.79. The summed E-state index contributed by atoms with van der Waals surface area (Å²) in [5, 5.41) is 11.5. The van der Waals surface area contributed by atoms with Crippen LogP contribution in [0.2, 0.25) is 0 Å². The third-order valence-electron chi connectivity index (χ3n) is 1.89. The van der Waals surface area contributed by atoms with Gasteiger partial charge in [0.25, 0.3) is 0 Å². The Morgan fingerprint density at radius 2 is 2.25 bits per heavy atom. The van der Waals surface area contributed by atoms with Crippen molar-refractivity contribution >= 4 is 0 Å². The van der Waals surface area contributed by atoms with Gasteiger partial charge in [-0.2, -0.15) is 5.26 Å². The first-order chi connectivity index (χ1) is 5.74. The summed E-state index contributed by atoms with van der Waals surface area (Å²) in [6.07, 6.45) is 2.09. The number of nitrogens with one attached hydrogen (secondary N) is 1. The Hall–Kier alpha value is -0.590. The first-order valence-electron chi connectivity index (χ1n) is 4.43. The maximum absolute atomic E-state index is 8.58. The van der Waals surface area contributed by atoms with Crippen LogP contribution in [-0.2, 0) is 4.74 Å². The lowest BCUT2D eigenvalue weighted by Crippen LogP contribution is -2.25. The second-order valence-corrected chi connectivity index (χ2v) is 2.85. The van der Waals surface area contributed by atoms with E-state index in [4.69, 9.17) is 10.00 Å². The lowest BCUT2D eigenvalue weighted by Gasteiger charge is -2.12. The number of hydrogen-bond acceptors (Lipinski definition) is 3. The van der Waals surface area contributed by atoms with Gasteiger partial charge in [-0.25, -0.2) is 0 Å². The summed E-state index contributed by atoms with van der Waals surface area (Å²) in [5.74, 6) is 0. The van der Waals surface area contributed by atoms with Crippen LogP contribution in [0.15, 0.2) is 0 Å². The predicted molar refractivity (Wildman–Crippen MR) is 48.8 cm³/mol. The maximum atomic E-state index is 8.58. The molecule has 0 amide bonds. The Balaban J connectivity index is 3.36. The van der Waals surface area contributed by atoms with Gasteiger partial charge in [-0.15, -0.1) is 0 Å². The molecule has 0 aliphatic carbocycles. The fraction of sp³-hybridized carbons (Fsp3) is 0.889. The zero-order chi connectivity index (χ0) is 9.40. The van der Waals surface area contributed by atoms with Crippen molar-refractivity contribution in [3.05, 3.63) is 0 Å². The summed E-state index contributed by atoms with van der Waals surface area (Å²) in [5.41, 5.74) is 0. The van der Waals surface area contributed by atoms with E-state index >= 15 is 0 Å². The minimum atomic E-state index is -0.0749. The number of nitrogens with zero attached hydrogens (tertiary/aromatic N) is 1. The van der Waals surface area contributed by atoms with Crippen LogP contribution in [0.3, 0.4) is 0 Å². The lowest BCUT2D eigenvalue weighted by molar-refractivity contribution is 0.0598. The van der Waals surface area contributed by atoms with Gasteiger partial charge in [0.05, 0.1) is 18.2 Å². The largest absolute Gasteiger partial charge is 0.378 e. The van der Waals surface area contributed by atoms with E-state index in [1.807, 2.05) is 6.92 Å². The highest BCUT2D eigenvalue weighted by molar-refractivity contribution is 4.88. The van der Waals surface area contributed by atoms with Crippen molar-refractivity contribution in [2.24, 2.45) is 0 Å². The molecule has 2 unspecified atom stereocenters. The molecule has 2 atom stereocenters. The second-order valence-electron chi connectivity index (χ2n) is 2.85. The van der Waals surface area contributed by atoms with Crippen LogP contribution in [0.25, 0.3) is 0 Å². The van der Waals surface area contributed by atoms with Gasteiger partial charge in [0, 0.05) is 6.61 Å². The van der Waals surface area contributed by atoms with E-state index in [9.17, 15) is 0 Å². The molecule has 0 radical (unpaired) electrons. The van der Waals surface area contributed by atoms with Crippen molar-refractivity contribution in [1.29, 1.82) is 5.26 Å². The second kappa shape index (κ2) is 7.08. The quantitative estimate of drug-likeness (QED) is 0.653. The highest BCUT2D eigenvalue weighted by atomic mass is 16.5. The number of nitriles is 1. The molecule has 12 heavy (non-hydrogen) atoms. The molecule has 0 fully saturated rings. The molecule has 0 heterocycles. The molecule has 0 saturated heterocycles. The molecule has 0 rings (SSSR count). The van der Waals surface area contributed by atoms with E-state index in [2.05, 4.69) is 18.3 Å². The van der Waals surface area contributed by atoms with Crippen LogP contribution in [0.4, 0.5) is 0 Å². The third kappa shape index (κ3) is 5.11. The molecule has 0 aromatic heterocycles. The van der Waals surface area contributed by atoms with Gasteiger partial charge in [-0.1, -0.05) is 6.92 Å². The number of hydrogen-bond donors (Lipinski definition) is 1. The first kappa shape index (κ1) is 11.4. The lowest BCUT2D eigenvalue weighted by atomic mass is 10.2. The molecule has 0 aromatic carbocycles. The van der Waals surface area contributed by atoms with Gasteiger partial charge in [0.2, 0.25) is 0 Å². The third-order valence-corrected chi connectivity index (χ3v) is 1.89. The van der Waals surface area contributed by atoms with E-state index < -0.39 is 0 Å². The number of rotatable bonds is 6. The Labute approximate surface area is 74.7 Å². The monoisotopic (exact) mass is 170 g/mol. The van der Waals surface area contributed by atoms with Crippen molar-refractivity contribution in [2.75, 3.05) is 13.7 Å². The molecular weight excluding hydrogens is 152 g/mol. The van der Waals surface area contributed by atoms with Crippen molar-refractivity contribution < 1.29 is 4.74 Å². The molecule has 1 N–H and O–H groups in total. The van der Waals surface area contributed by atoms with Crippen molar-refractivity contribution in [1.82, 2.24) is 5.32 Å². The summed E-state index contributed by atoms with van der Waals surface area (Å²) in [4.78, 5) is 0. The summed E-state index contributed by atoms with van der Waals surface area (Å²) in [6, 6.07) is 2.08. The smallest absolute Gasteiger partial charge is 0.0972 e. The van der Waals surface area contributed by atoms with E-state index in [0.29, 0.717) is 12.7 Å². The van der Waals surface area contributed by atoms with Crippen LogP contribution in [-0.4, -0.2) is 25.8 Å². The van der Waals surface area contributed by atoms with E-state index in [0.717, 1.165) is 12.8 Å². The van der Waals surface area contributed by atoms with Crippen LogP contribution >= 0.6 is 0 Å². The van der Waals surface area contributed by atoms with Gasteiger partial charge in [-0.05, 0) is 26.8 Å². The Kier molecular flexibility index (Phi) is 6.73. The topological polar surface area (TPSA) is 45.0 Å². The molecular formula is C9H18N2O. The standard InChI is InChI=1S/C9H18N2O/c1-4-8(2)12-6-5-9(7-10)11-3/h8-9,11H,4-6H2,1-3H3. The van der Waals surface area contributed by atoms with Crippen LogP contribution in [0.5, 0.6) is 0 Å². The number of ether oxygens (including phenoxy) is 1. The molecule has 0 aliphatic heterocycles. The fourth-order valence-electron chi connectivity index (χ4n) is 0.778. The van der Waals surface area contributed by atoms with Gasteiger partial charge in [-0.3, -0.25) is 0 Å². The highest BCUT2D eigenvalue weighted by Crippen LogP contribution is 1.98. The molecule has 0 saturated carbocycles. The van der Waals surface area contributed by atoms with E-state index in [1.54, 1.807) is 7.05 Å². The maximum Gasteiger partial charge on any atom is 0.0972 e. The van der Waals surface area contributed by atoms with Crippen LogP contribution in [0, 0.1) is 11.3 Å². The van der Waals surface area contributed by atoms with Crippen LogP contribution < -0.4 is 5.32 Å². The Morgan fingerprint density at radius 3 is 2.67 bits per heavy atom. The summed E-state index contributed by atoms with van der Waals surface area (Å²) >= 11 is 0. The van der Waals surface area contributed by atoms with Gasteiger partial charge in [0.1, 0.15) is 0 Å². The molecule has 0 aliphatic rings. The minimum absolute atomic E-state index is 0.0749. The van der Waals surface area contributed by atoms with Crippen molar-refractivity contribution in [3.8, 4) is 6.07 Å². The minimum Gasteiger partial charge on any atom is -0.378 e. The zero-order valence-corrected chi connectivity index (χ0v) is 8.13. The van der Waals surface area contributed by atoms with Gasteiger partial charge in [0.15, 0.2) is 0 Å². The molecule has 0 aromatic rings. The predicted octanol–water partition coefficient (Wildman–Crippen LogP) is 1.30. The average molecular weight is 170 g/mol. The summed E-state index contributed by atoms with van der Waals surface area (Å²) in [7, 11) is 1.79. The summed E-state index contributed by atoms with van der Waals surface area (Å²) < 4.78 is 5.43. The Bertz CT molecular complexity index is 142. The van der Waals surface area contributed by atoms with E-state index in [-0.39, 0.29) is 6.04 Å². The fourth-order valence-corrected chi connectivity index (χ4v) is 0.778. The molecule has 70 valence electrons.